The summed E-state index contributed by atoms with van der Waals surface area (Å²) in [5.41, 5.74) is 3.20. The molecule has 1 fully saturated rings. The van der Waals surface area contributed by atoms with Crippen molar-refractivity contribution >= 4 is 27.5 Å². The van der Waals surface area contributed by atoms with Crippen molar-refractivity contribution in [1.29, 1.82) is 0 Å². The van der Waals surface area contributed by atoms with Crippen LogP contribution in [0.4, 0.5) is 0 Å². The first-order valence-corrected chi connectivity index (χ1v) is 12.4. The van der Waals surface area contributed by atoms with Crippen LogP contribution in [-0.4, -0.2) is 38.3 Å². The Hall–Kier alpha value is -1.89. The van der Waals surface area contributed by atoms with Gasteiger partial charge in [-0.25, -0.2) is 12.7 Å². The average molecular weight is 449 g/mol. The van der Waals surface area contributed by atoms with Gasteiger partial charge in [-0.15, -0.1) is 0 Å². The number of hydrogen-bond acceptors (Lipinski definition) is 3. The van der Waals surface area contributed by atoms with Crippen LogP contribution in [0.15, 0.2) is 48.5 Å². The van der Waals surface area contributed by atoms with Gasteiger partial charge in [0.2, 0.25) is 15.9 Å². The van der Waals surface area contributed by atoms with Crippen molar-refractivity contribution in [1.82, 2.24) is 9.62 Å². The minimum atomic E-state index is -3.47. The SMILES string of the molecule is Cc1cccc(CCCNC(=O)[C@H]2CCCN(S(=O)(=O)Cc3ccc(Cl)cc3)C2)c1. The molecule has 1 aliphatic rings. The minimum Gasteiger partial charge on any atom is -0.356 e. The molecule has 0 radical (unpaired) electrons. The molecular formula is C23H29ClN2O3S. The summed E-state index contributed by atoms with van der Waals surface area (Å²) in [6.45, 7) is 3.38. The number of amides is 1. The second-order valence-corrected chi connectivity index (χ2v) is 10.4. The maximum Gasteiger partial charge on any atom is 0.224 e. The van der Waals surface area contributed by atoms with E-state index in [2.05, 4.69) is 30.4 Å². The Kier molecular flexibility index (Phi) is 7.92. The number of sulfonamides is 1. The third-order valence-corrected chi connectivity index (χ3v) is 7.50. The van der Waals surface area contributed by atoms with Crippen molar-refractivity contribution in [2.45, 2.75) is 38.4 Å². The average Bonchev–Trinajstić information content (AvgIpc) is 2.73. The summed E-state index contributed by atoms with van der Waals surface area (Å²) in [5.74, 6) is -0.419. The van der Waals surface area contributed by atoms with Crippen molar-refractivity contribution in [3.63, 3.8) is 0 Å². The summed E-state index contributed by atoms with van der Waals surface area (Å²) in [7, 11) is -3.47. The Morgan fingerprint density at radius 1 is 1.17 bits per heavy atom. The van der Waals surface area contributed by atoms with E-state index in [-0.39, 0.29) is 24.1 Å². The zero-order valence-electron chi connectivity index (χ0n) is 17.3. The van der Waals surface area contributed by atoms with Gasteiger partial charge in [-0.3, -0.25) is 4.79 Å². The molecule has 1 atom stereocenters. The standard InChI is InChI=1S/C23H29ClN2O3S/c1-18-5-2-6-19(15-18)7-3-13-25-23(27)21-8-4-14-26(16-21)30(28,29)17-20-9-11-22(24)12-10-20/h2,5-6,9-12,15,21H,3-4,7-8,13-14,16-17H2,1H3,(H,25,27)/t21-/m0/s1. The molecule has 0 spiro atoms. The molecule has 0 aromatic heterocycles. The van der Waals surface area contributed by atoms with Gasteiger partial charge in [-0.1, -0.05) is 53.6 Å². The topological polar surface area (TPSA) is 66.5 Å². The molecule has 1 saturated heterocycles. The maximum atomic E-state index is 12.8. The number of piperidine rings is 1. The van der Waals surface area contributed by atoms with Gasteiger partial charge >= 0.3 is 0 Å². The molecule has 162 valence electrons. The zero-order valence-corrected chi connectivity index (χ0v) is 18.9. The molecule has 0 unspecified atom stereocenters. The van der Waals surface area contributed by atoms with E-state index in [1.807, 2.05) is 6.07 Å². The van der Waals surface area contributed by atoms with Gasteiger partial charge < -0.3 is 5.32 Å². The number of carbonyl (C=O) groups is 1. The summed E-state index contributed by atoms with van der Waals surface area (Å²) in [6, 6.07) is 15.2. The van der Waals surface area contributed by atoms with Crippen LogP contribution >= 0.6 is 11.6 Å². The molecule has 1 heterocycles. The van der Waals surface area contributed by atoms with Crippen LogP contribution in [0.3, 0.4) is 0 Å². The molecule has 5 nitrogen and oxygen atoms in total. The molecular weight excluding hydrogens is 420 g/mol. The number of halogens is 1. The fourth-order valence-electron chi connectivity index (χ4n) is 3.81. The van der Waals surface area contributed by atoms with Gasteiger partial charge in [0, 0.05) is 24.7 Å². The molecule has 0 aliphatic carbocycles. The van der Waals surface area contributed by atoms with Crippen LogP contribution in [0, 0.1) is 12.8 Å². The zero-order chi connectivity index (χ0) is 21.6. The number of nitrogens with one attached hydrogen (secondary N) is 1. The molecule has 30 heavy (non-hydrogen) atoms. The summed E-state index contributed by atoms with van der Waals surface area (Å²) in [5, 5.41) is 3.57. The number of nitrogens with zero attached hydrogens (tertiary/aromatic N) is 1. The summed E-state index contributed by atoms with van der Waals surface area (Å²) >= 11 is 5.88. The lowest BCUT2D eigenvalue weighted by atomic mass is 9.98. The van der Waals surface area contributed by atoms with E-state index in [9.17, 15) is 13.2 Å². The Bertz CT molecular complexity index is 961. The first-order valence-electron chi connectivity index (χ1n) is 10.4. The lowest BCUT2D eigenvalue weighted by Crippen LogP contribution is -2.45. The molecule has 1 aliphatic heterocycles. The normalized spacial score (nSPS) is 17.6. The van der Waals surface area contributed by atoms with E-state index in [1.165, 1.54) is 15.4 Å². The Labute approximate surface area is 184 Å². The van der Waals surface area contributed by atoms with Gasteiger partial charge in [0.1, 0.15) is 0 Å². The van der Waals surface area contributed by atoms with Crippen molar-refractivity contribution in [2.24, 2.45) is 5.92 Å². The van der Waals surface area contributed by atoms with Crippen molar-refractivity contribution in [3.8, 4) is 0 Å². The van der Waals surface area contributed by atoms with E-state index in [1.54, 1.807) is 24.3 Å². The Balaban J connectivity index is 1.48. The second-order valence-electron chi connectivity index (χ2n) is 7.96. The largest absolute Gasteiger partial charge is 0.356 e. The number of rotatable bonds is 8. The van der Waals surface area contributed by atoms with Crippen molar-refractivity contribution < 1.29 is 13.2 Å². The molecule has 2 aromatic rings. The van der Waals surface area contributed by atoms with E-state index in [4.69, 9.17) is 11.6 Å². The lowest BCUT2D eigenvalue weighted by Gasteiger charge is -2.31. The molecule has 0 bridgehead atoms. The van der Waals surface area contributed by atoms with Crippen LogP contribution in [0.25, 0.3) is 0 Å². The molecule has 3 rings (SSSR count). The highest BCUT2D eigenvalue weighted by Crippen LogP contribution is 2.22. The summed E-state index contributed by atoms with van der Waals surface area (Å²) < 4.78 is 27.1. The van der Waals surface area contributed by atoms with Crippen LogP contribution in [0.2, 0.25) is 5.02 Å². The number of carbonyl (C=O) groups excluding carboxylic acids is 1. The van der Waals surface area contributed by atoms with Crippen LogP contribution in [0.1, 0.15) is 36.0 Å². The predicted octanol–water partition coefficient (Wildman–Crippen LogP) is 3.94. The Morgan fingerprint density at radius 3 is 2.67 bits per heavy atom. The smallest absolute Gasteiger partial charge is 0.224 e. The fraction of sp³-hybridized carbons (Fsp3) is 0.435. The first-order chi connectivity index (χ1) is 14.3. The van der Waals surface area contributed by atoms with Gasteiger partial charge in [-0.05, 0) is 55.9 Å². The summed E-state index contributed by atoms with van der Waals surface area (Å²) in [6.07, 6.45) is 3.19. The number of hydrogen-bond donors (Lipinski definition) is 1. The monoisotopic (exact) mass is 448 g/mol. The van der Waals surface area contributed by atoms with Gasteiger partial charge in [0.05, 0.1) is 11.7 Å². The third-order valence-electron chi connectivity index (χ3n) is 5.43. The minimum absolute atomic E-state index is 0.0503. The second kappa shape index (κ2) is 10.4. The quantitative estimate of drug-likeness (QED) is 0.622. The molecule has 0 saturated carbocycles. The molecule has 1 N–H and O–H groups in total. The number of aryl methyl sites for hydroxylation is 2. The van der Waals surface area contributed by atoms with E-state index < -0.39 is 10.0 Å². The fourth-order valence-corrected chi connectivity index (χ4v) is 5.54. The molecule has 1 amide bonds. The van der Waals surface area contributed by atoms with E-state index in [0.717, 1.165) is 19.3 Å². The van der Waals surface area contributed by atoms with Crippen LogP contribution in [0.5, 0.6) is 0 Å². The lowest BCUT2D eigenvalue weighted by molar-refractivity contribution is -0.126. The van der Waals surface area contributed by atoms with Gasteiger partial charge in [-0.2, -0.15) is 0 Å². The number of benzene rings is 2. The highest BCUT2D eigenvalue weighted by Gasteiger charge is 2.32. The Morgan fingerprint density at radius 2 is 1.93 bits per heavy atom. The van der Waals surface area contributed by atoms with E-state index >= 15 is 0 Å². The third kappa shape index (κ3) is 6.56. The van der Waals surface area contributed by atoms with Gasteiger partial charge in [0.25, 0.3) is 0 Å². The van der Waals surface area contributed by atoms with Crippen LogP contribution in [-0.2, 0) is 27.0 Å². The maximum absolute atomic E-state index is 12.8. The first kappa shape index (κ1) is 22.8. The molecule has 2 aromatic carbocycles. The highest BCUT2D eigenvalue weighted by atomic mass is 35.5. The highest BCUT2D eigenvalue weighted by molar-refractivity contribution is 7.88. The van der Waals surface area contributed by atoms with Crippen molar-refractivity contribution in [3.05, 3.63) is 70.2 Å². The van der Waals surface area contributed by atoms with E-state index in [0.29, 0.717) is 30.1 Å². The predicted molar refractivity (Wildman–Crippen MR) is 121 cm³/mol. The van der Waals surface area contributed by atoms with Gasteiger partial charge in [0.15, 0.2) is 0 Å². The molecule has 7 heteroatoms. The summed E-state index contributed by atoms with van der Waals surface area (Å²) in [4.78, 5) is 12.6. The van der Waals surface area contributed by atoms with Crippen molar-refractivity contribution in [2.75, 3.05) is 19.6 Å². The van der Waals surface area contributed by atoms with Crippen LogP contribution < -0.4 is 5.32 Å².